The minimum atomic E-state index is -0.780. The summed E-state index contributed by atoms with van der Waals surface area (Å²) in [4.78, 5) is 13.6. The fraction of sp³-hybridized carbons (Fsp3) is 0.824. The molecule has 0 radical (unpaired) electrons. The SMILES string of the molecule is CC(=CCN(C1CCCCC1)C1CCCCC1)C(=O)O. The number of carbonyl (C=O) groups is 1. The molecule has 2 fully saturated rings. The lowest BCUT2D eigenvalue weighted by molar-refractivity contribution is -0.132. The number of carboxylic acid groups (broad SMARTS) is 1. The van der Waals surface area contributed by atoms with E-state index in [0.29, 0.717) is 17.7 Å². The fourth-order valence-electron chi connectivity index (χ4n) is 3.75. The summed E-state index contributed by atoms with van der Waals surface area (Å²) in [7, 11) is 0. The number of aliphatic carboxylic acids is 1. The van der Waals surface area contributed by atoms with Crippen LogP contribution >= 0.6 is 0 Å². The first-order valence-electron chi connectivity index (χ1n) is 8.34. The number of hydrogen-bond acceptors (Lipinski definition) is 2. The quantitative estimate of drug-likeness (QED) is 0.774. The molecule has 0 aromatic rings. The van der Waals surface area contributed by atoms with Gasteiger partial charge in [-0.1, -0.05) is 44.6 Å². The second-order valence-corrected chi connectivity index (χ2v) is 6.47. The van der Waals surface area contributed by atoms with Crippen LogP contribution in [-0.4, -0.2) is 34.6 Å². The van der Waals surface area contributed by atoms with Crippen molar-refractivity contribution in [3.05, 3.63) is 11.6 Å². The third-order valence-corrected chi connectivity index (χ3v) is 5.03. The highest BCUT2D eigenvalue weighted by Crippen LogP contribution is 2.30. The highest BCUT2D eigenvalue weighted by atomic mass is 16.4. The molecule has 0 aliphatic heterocycles. The van der Waals surface area contributed by atoms with Crippen LogP contribution < -0.4 is 0 Å². The summed E-state index contributed by atoms with van der Waals surface area (Å²) in [6.07, 6.45) is 15.2. The third kappa shape index (κ3) is 4.34. The zero-order valence-corrected chi connectivity index (χ0v) is 12.8. The summed E-state index contributed by atoms with van der Waals surface area (Å²) in [5.74, 6) is -0.780. The van der Waals surface area contributed by atoms with Gasteiger partial charge >= 0.3 is 5.97 Å². The van der Waals surface area contributed by atoms with Gasteiger partial charge in [-0.3, -0.25) is 4.90 Å². The Morgan fingerprint density at radius 2 is 1.45 bits per heavy atom. The lowest BCUT2D eigenvalue weighted by atomic mass is 9.88. The highest BCUT2D eigenvalue weighted by molar-refractivity contribution is 5.85. The van der Waals surface area contributed by atoms with Gasteiger partial charge in [-0.15, -0.1) is 0 Å². The van der Waals surface area contributed by atoms with Crippen LogP contribution in [0.3, 0.4) is 0 Å². The maximum absolute atomic E-state index is 11.0. The molecule has 0 atom stereocenters. The highest BCUT2D eigenvalue weighted by Gasteiger charge is 2.28. The van der Waals surface area contributed by atoms with Gasteiger partial charge in [-0.05, 0) is 32.6 Å². The lowest BCUT2D eigenvalue weighted by Gasteiger charge is -2.41. The van der Waals surface area contributed by atoms with Gasteiger partial charge < -0.3 is 5.11 Å². The van der Waals surface area contributed by atoms with Crippen molar-refractivity contribution in [3.63, 3.8) is 0 Å². The number of hydrogen-bond donors (Lipinski definition) is 1. The molecule has 3 heteroatoms. The molecular weight excluding hydrogens is 250 g/mol. The van der Waals surface area contributed by atoms with E-state index in [9.17, 15) is 4.79 Å². The Hall–Kier alpha value is -0.830. The van der Waals surface area contributed by atoms with Gasteiger partial charge in [0.25, 0.3) is 0 Å². The van der Waals surface area contributed by atoms with Crippen molar-refractivity contribution in [1.82, 2.24) is 4.90 Å². The summed E-state index contributed by atoms with van der Waals surface area (Å²) in [5, 5.41) is 9.03. The molecule has 114 valence electrons. The van der Waals surface area contributed by atoms with Crippen LogP contribution in [0.25, 0.3) is 0 Å². The molecular formula is C17H29NO2. The van der Waals surface area contributed by atoms with E-state index >= 15 is 0 Å². The van der Waals surface area contributed by atoms with E-state index in [0.717, 1.165) is 6.54 Å². The molecule has 3 nitrogen and oxygen atoms in total. The summed E-state index contributed by atoms with van der Waals surface area (Å²) in [5.41, 5.74) is 0.488. The molecule has 0 aromatic heterocycles. The molecule has 0 aromatic carbocycles. The minimum Gasteiger partial charge on any atom is -0.478 e. The van der Waals surface area contributed by atoms with E-state index in [4.69, 9.17) is 5.11 Å². The summed E-state index contributed by atoms with van der Waals surface area (Å²) in [6, 6.07) is 1.37. The van der Waals surface area contributed by atoms with Crippen LogP contribution in [0.2, 0.25) is 0 Å². The molecule has 0 spiro atoms. The normalized spacial score (nSPS) is 23.2. The summed E-state index contributed by atoms with van der Waals surface area (Å²) < 4.78 is 0. The molecule has 0 bridgehead atoms. The molecule has 20 heavy (non-hydrogen) atoms. The van der Waals surface area contributed by atoms with E-state index in [2.05, 4.69) is 4.90 Å². The molecule has 2 saturated carbocycles. The van der Waals surface area contributed by atoms with E-state index < -0.39 is 5.97 Å². The van der Waals surface area contributed by atoms with E-state index in [-0.39, 0.29) is 0 Å². The number of nitrogens with zero attached hydrogens (tertiary/aromatic N) is 1. The van der Waals surface area contributed by atoms with Crippen molar-refractivity contribution in [2.45, 2.75) is 83.2 Å². The second kappa shape index (κ2) is 7.82. The average molecular weight is 279 g/mol. The molecule has 2 aliphatic rings. The van der Waals surface area contributed by atoms with Gasteiger partial charge in [0.2, 0.25) is 0 Å². The molecule has 1 N–H and O–H groups in total. The van der Waals surface area contributed by atoms with Crippen molar-refractivity contribution < 1.29 is 9.90 Å². The number of carboxylic acids is 1. The smallest absolute Gasteiger partial charge is 0.330 e. The van der Waals surface area contributed by atoms with Crippen molar-refractivity contribution >= 4 is 5.97 Å². The predicted octanol–water partition coefficient (Wildman–Crippen LogP) is 3.98. The zero-order valence-electron chi connectivity index (χ0n) is 12.8. The Bertz CT molecular complexity index is 321. The second-order valence-electron chi connectivity index (χ2n) is 6.47. The summed E-state index contributed by atoms with van der Waals surface area (Å²) >= 11 is 0. The van der Waals surface area contributed by atoms with E-state index in [1.807, 2.05) is 6.08 Å². The van der Waals surface area contributed by atoms with Crippen molar-refractivity contribution in [2.24, 2.45) is 0 Å². The molecule has 0 amide bonds. The van der Waals surface area contributed by atoms with Crippen molar-refractivity contribution in [3.8, 4) is 0 Å². The fourth-order valence-corrected chi connectivity index (χ4v) is 3.75. The van der Waals surface area contributed by atoms with Crippen LogP contribution in [-0.2, 0) is 4.79 Å². The van der Waals surface area contributed by atoms with Gasteiger partial charge in [-0.25, -0.2) is 4.79 Å². The van der Waals surface area contributed by atoms with E-state index in [1.54, 1.807) is 6.92 Å². The summed E-state index contributed by atoms with van der Waals surface area (Å²) in [6.45, 7) is 2.54. The first kappa shape index (κ1) is 15.6. The standard InChI is InChI=1S/C17H29NO2/c1-14(17(19)20)12-13-18(15-8-4-2-5-9-15)16-10-6-3-7-11-16/h12,15-16H,2-11,13H2,1H3,(H,19,20). The Balaban J connectivity index is 2.02. The van der Waals surface area contributed by atoms with Crippen LogP contribution in [0.4, 0.5) is 0 Å². The molecule has 0 saturated heterocycles. The number of rotatable bonds is 5. The Labute approximate surface area is 123 Å². The van der Waals surface area contributed by atoms with Crippen LogP contribution in [0.15, 0.2) is 11.6 Å². The van der Waals surface area contributed by atoms with Crippen LogP contribution in [0, 0.1) is 0 Å². The predicted molar refractivity (Wildman–Crippen MR) is 81.8 cm³/mol. The molecule has 2 aliphatic carbocycles. The zero-order chi connectivity index (χ0) is 14.4. The van der Waals surface area contributed by atoms with Gasteiger partial charge in [-0.2, -0.15) is 0 Å². The first-order chi connectivity index (χ1) is 9.68. The minimum absolute atomic E-state index is 0.488. The van der Waals surface area contributed by atoms with Crippen LogP contribution in [0.5, 0.6) is 0 Å². The topological polar surface area (TPSA) is 40.5 Å². The molecule has 0 unspecified atom stereocenters. The lowest BCUT2D eigenvalue weighted by Crippen LogP contribution is -2.45. The monoisotopic (exact) mass is 279 g/mol. The molecule has 2 rings (SSSR count). The third-order valence-electron chi connectivity index (χ3n) is 5.03. The van der Waals surface area contributed by atoms with Crippen LogP contribution in [0.1, 0.15) is 71.1 Å². The maximum Gasteiger partial charge on any atom is 0.330 e. The van der Waals surface area contributed by atoms with Gasteiger partial charge in [0, 0.05) is 24.2 Å². The van der Waals surface area contributed by atoms with Gasteiger partial charge in [0.15, 0.2) is 0 Å². The van der Waals surface area contributed by atoms with E-state index in [1.165, 1.54) is 64.2 Å². The Morgan fingerprint density at radius 3 is 1.85 bits per heavy atom. The largest absolute Gasteiger partial charge is 0.478 e. The first-order valence-corrected chi connectivity index (χ1v) is 8.34. The van der Waals surface area contributed by atoms with Crippen molar-refractivity contribution in [1.29, 1.82) is 0 Å². The van der Waals surface area contributed by atoms with Gasteiger partial charge in [0.1, 0.15) is 0 Å². The maximum atomic E-state index is 11.0. The Kier molecular flexibility index (Phi) is 6.08. The molecule has 0 heterocycles. The Morgan fingerprint density at radius 1 is 1.00 bits per heavy atom. The van der Waals surface area contributed by atoms with Gasteiger partial charge in [0.05, 0.1) is 0 Å². The van der Waals surface area contributed by atoms with Crippen molar-refractivity contribution in [2.75, 3.05) is 6.54 Å². The average Bonchev–Trinajstić information content (AvgIpc) is 2.49.